The first kappa shape index (κ1) is 67.3. The van der Waals surface area contributed by atoms with Crippen molar-refractivity contribution < 1.29 is 78.3 Å². The number of nitrogens with one attached hydrogen (secondary N) is 9. The van der Waals surface area contributed by atoms with Crippen molar-refractivity contribution in [3.8, 4) is 5.75 Å². The van der Waals surface area contributed by atoms with Gasteiger partial charge in [-0.05, 0) is 67.3 Å². The molecule has 0 radical (unpaired) electrons. The molecular formula is C51H75N15O16. The van der Waals surface area contributed by atoms with Crippen molar-refractivity contribution in [1.82, 2.24) is 47.5 Å². The molecule has 0 aliphatic heterocycles. The fourth-order valence-electron chi connectivity index (χ4n) is 8.02. The summed E-state index contributed by atoms with van der Waals surface area (Å²) in [7, 11) is 0. The van der Waals surface area contributed by atoms with E-state index in [0.717, 1.165) is 0 Å². The summed E-state index contributed by atoms with van der Waals surface area (Å²) < 4.78 is 0. The van der Waals surface area contributed by atoms with E-state index in [-0.39, 0.29) is 69.1 Å². The zero-order valence-corrected chi connectivity index (χ0v) is 45.2. The van der Waals surface area contributed by atoms with Crippen LogP contribution < -0.4 is 71.2 Å². The van der Waals surface area contributed by atoms with Crippen LogP contribution in [0.5, 0.6) is 5.75 Å². The average molecular weight is 1150 g/mol. The van der Waals surface area contributed by atoms with Gasteiger partial charge in [0.1, 0.15) is 54.1 Å². The van der Waals surface area contributed by atoms with Gasteiger partial charge >= 0.3 is 5.97 Å². The number of aliphatic hydroxyl groups is 3. The van der Waals surface area contributed by atoms with Gasteiger partial charge in [-0.15, -0.1) is 0 Å². The molecule has 450 valence electrons. The van der Waals surface area contributed by atoms with Crippen molar-refractivity contribution in [2.45, 2.75) is 126 Å². The standard InChI is InChI=1S/C51H75N15O16/c1-25(2)18-34(61-48(79)37(22-67)64-44(75)33(14-16-41(54)72)60-43(74)32(8-5-17-57-51(55)56)59-42(73)30(52)13-15-40(53)71)45(76)63-36(20-27-21-58-31-7-4-3-6-29(27)31)47(78)62-35(19-26-9-11-28(70)12-10-26)46(77)65-38(23-68)49(80)66-39(24-69)50(81)82/h3-4,6-7,9-12,21,25,30,32-39,58,67-70H,5,8,13-20,22-24,52H2,1-2H3,(H2,53,71)(H2,54,72)(H,59,73)(H,60,74)(H,61,79)(H,62,78)(H,63,76)(H,64,75)(H,65,77)(H,66,80)(H,81,82)(H4,55,56,57)/t30-,32-,33-,34-,35-,36-,37-,38-,39-/m0/s1. The molecule has 3 rings (SSSR count). The van der Waals surface area contributed by atoms with Gasteiger partial charge in [0.05, 0.1) is 25.9 Å². The second-order valence-electron chi connectivity index (χ2n) is 19.5. The third kappa shape index (κ3) is 22.7. The number of carbonyl (C=O) groups excluding carboxylic acids is 10. The lowest BCUT2D eigenvalue weighted by atomic mass is 9.99. The lowest BCUT2D eigenvalue weighted by Gasteiger charge is -2.28. The minimum Gasteiger partial charge on any atom is -0.508 e. The number of aliphatic carboxylic acids is 1. The number of aromatic amines is 1. The van der Waals surface area contributed by atoms with Crippen LogP contribution in [0, 0.1) is 5.92 Å². The van der Waals surface area contributed by atoms with E-state index in [2.05, 4.69) is 47.2 Å². The third-order valence-electron chi connectivity index (χ3n) is 12.4. The SMILES string of the molecule is CC(C)C[C@H](NC(=O)[C@H](CO)NC(=O)[C@H](CCC(N)=O)NC(=O)[C@H](CCCN=C(N)N)NC(=O)[C@@H](N)CCC(N)=O)C(=O)N[C@@H](Cc1c[nH]c2ccccc12)C(=O)N[C@@H](Cc1ccc(O)cc1)C(=O)N[C@@H](CO)C(=O)N[C@@H](CO)C(=O)O. The number of aromatic nitrogens is 1. The first-order valence-corrected chi connectivity index (χ1v) is 26.0. The number of para-hydroxylation sites is 1. The summed E-state index contributed by atoms with van der Waals surface area (Å²) in [5, 5.41) is 69.0. The molecule has 0 aliphatic rings. The van der Waals surface area contributed by atoms with Crippen LogP contribution >= 0.6 is 0 Å². The van der Waals surface area contributed by atoms with Gasteiger partial charge in [0.25, 0.3) is 0 Å². The highest BCUT2D eigenvalue weighted by Gasteiger charge is 2.36. The number of phenols is 1. The fraction of sp³-hybridized carbons (Fsp3) is 0.490. The minimum atomic E-state index is -1.84. The van der Waals surface area contributed by atoms with Crippen molar-refractivity contribution in [1.29, 1.82) is 0 Å². The molecule has 1 aromatic heterocycles. The van der Waals surface area contributed by atoms with Crippen LogP contribution in [0.15, 0.2) is 59.7 Å². The summed E-state index contributed by atoms with van der Waals surface area (Å²) in [5.41, 5.74) is 28.8. The summed E-state index contributed by atoms with van der Waals surface area (Å²) in [4.78, 5) is 153. The Morgan fingerprint density at radius 2 is 0.976 bits per heavy atom. The van der Waals surface area contributed by atoms with E-state index in [0.29, 0.717) is 22.0 Å². The van der Waals surface area contributed by atoms with Gasteiger partial charge in [0.15, 0.2) is 5.96 Å². The number of carbonyl (C=O) groups is 11. The first-order chi connectivity index (χ1) is 38.8. The molecule has 10 amide bonds. The largest absolute Gasteiger partial charge is 0.508 e. The number of fused-ring (bicyclic) bond motifs is 1. The Kier molecular flexibility index (Phi) is 27.6. The number of nitrogens with two attached hydrogens (primary N) is 5. The first-order valence-electron chi connectivity index (χ1n) is 26.0. The van der Waals surface area contributed by atoms with Gasteiger partial charge in [-0.1, -0.05) is 44.2 Å². The molecule has 0 aliphatic carbocycles. The van der Waals surface area contributed by atoms with Crippen LogP contribution in [0.4, 0.5) is 0 Å². The maximum Gasteiger partial charge on any atom is 0.328 e. The molecule has 9 atom stereocenters. The van der Waals surface area contributed by atoms with Crippen molar-refractivity contribution in [2.75, 3.05) is 26.4 Å². The number of H-pyrrole nitrogens is 1. The highest BCUT2D eigenvalue weighted by atomic mass is 16.4. The summed E-state index contributed by atoms with van der Waals surface area (Å²) in [6.45, 7) is 0.218. The smallest absolute Gasteiger partial charge is 0.328 e. The highest BCUT2D eigenvalue weighted by molar-refractivity contribution is 5.99. The molecule has 0 saturated heterocycles. The van der Waals surface area contributed by atoms with Crippen LogP contribution in [-0.2, 0) is 65.6 Å². The van der Waals surface area contributed by atoms with E-state index in [4.69, 9.17) is 28.7 Å². The molecule has 3 aromatic rings. The van der Waals surface area contributed by atoms with Gasteiger partial charge in [-0.3, -0.25) is 52.9 Å². The lowest BCUT2D eigenvalue weighted by molar-refractivity contribution is -0.143. The van der Waals surface area contributed by atoms with E-state index in [1.165, 1.54) is 24.3 Å². The number of amides is 10. The molecule has 82 heavy (non-hydrogen) atoms. The Labute approximate surface area is 470 Å². The predicted octanol–water partition coefficient (Wildman–Crippen LogP) is -6.44. The predicted molar refractivity (Wildman–Crippen MR) is 292 cm³/mol. The van der Waals surface area contributed by atoms with Gasteiger partial charge < -0.3 is 102 Å². The molecule has 31 heteroatoms. The Balaban J connectivity index is 1.96. The summed E-state index contributed by atoms with van der Waals surface area (Å²) in [6, 6.07) is -2.07. The number of hydrogen-bond donors (Lipinski definition) is 19. The van der Waals surface area contributed by atoms with E-state index in [1.807, 2.05) is 5.32 Å². The molecule has 0 saturated carbocycles. The second-order valence-corrected chi connectivity index (χ2v) is 19.5. The topological polar surface area (TPSA) is 543 Å². The lowest BCUT2D eigenvalue weighted by Crippen LogP contribution is -2.61. The number of carboxylic acid groups (broad SMARTS) is 1. The van der Waals surface area contributed by atoms with Crippen molar-refractivity contribution >= 4 is 81.9 Å². The normalized spacial score (nSPS) is 14.4. The number of aliphatic hydroxyl groups excluding tert-OH is 3. The number of phenolic OH excluding ortho intramolecular Hbond substituents is 1. The Morgan fingerprint density at radius 1 is 0.537 bits per heavy atom. The number of benzene rings is 2. The number of nitrogens with zero attached hydrogens (tertiary/aromatic N) is 1. The molecule has 0 bridgehead atoms. The van der Waals surface area contributed by atoms with E-state index >= 15 is 0 Å². The molecule has 0 unspecified atom stereocenters. The number of primary amides is 2. The Hall–Kier alpha value is -8.94. The van der Waals surface area contributed by atoms with Gasteiger partial charge in [0.2, 0.25) is 59.1 Å². The van der Waals surface area contributed by atoms with Crippen LogP contribution in [-0.4, -0.2) is 182 Å². The van der Waals surface area contributed by atoms with Gasteiger partial charge in [0, 0.05) is 49.3 Å². The number of aliphatic imine (C=N–C) groups is 1. The third-order valence-corrected chi connectivity index (χ3v) is 12.4. The maximum absolute atomic E-state index is 14.6. The quantitative estimate of drug-likeness (QED) is 0.0146. The summed E-state index contributed by atoms with van der Waals surface area (Å²) in [6.07, 6.45) is -0.494. The minimum absolute atomic E-state index is 0.00634. The zero-order chi connectivity index (χ0) is 61.2. The van der Waals surface area contributed by atoms with Crippen LogP contribution in [0.1, 0.15) is 69.9 Å². The number of aromatic hydroxyl groups is 1. The number of guanidine groups is 1. The van der Waals surface area contributed by atoms with E-state index in [1.54, 1.807) is 44.3 Å². The van der Waals surface area contributed by atoms with E-state index < -0.39 is 152 Å². The molecule has 24 N–H and O–H groups in total. The number of rotatable bonds is 36. The average Bonchev–Trinajstić information content (AvgIpc) is 3.90. The fourth-order valence-corrected chi connectivity index (χ4v) is 8.02. The van der Waals surface area contributed by atoms with Gasteiger partial charge in [-0.25, -0.2) is 4.79 Å². The molecule has 1 heterocycles. The highest BCUT2D eigenvalue weighted by Crippen LogP contribution is 2.20. The van der Waals surface area contributed by atoms with Crippen LogP contribution in [0.2, 0.25) is 0 Å². The van der Waals surface area contributed by atoms with E-state index in [9.17, 15) is 78.3 Å². The van der Waals surface area contributed by atoms with Crippen molar-refractivity contribution in [3.05, 3.63) is 65.9 Å². The molecule has 0 spiro atoms. The molecule has 0 fully saturated rings. The van der Waals surface area contributed by atoms with Crippen LogP contribution in [0.3, 0.4) is 0 Å². The van der Waals surface area contributed by atoms with Crippen molar-refractivity contribution in [2.24, 2.45) is 39.6 Å². The number of hydrogen-bond acceptors (Lipinski definition) is 17. The monoisotopic (exact) mass is 1150 g/mol. The maximum atomic E-state index is 14.6. The Bertz CT molecular complexity index is 2740. The molecular weight excluding hydrogens is 1080 g/mol. The number of carboxylic acids is 1. The zero-order valence-electron chi connectivity index (χ0n) is 45.2. The summed E-state index contributed by atoms with van der Waals surface area (Å²) in [5.74, 6) is -12.3. The molecule has 2 aromatic carbocycles. The van der Waals surface area contributed by atoms with Crippen LogP contribution in [0.25, 0.3) is 10.9 Å². The molecule has 31 nitrogen and oxygen atoms in total. The van der Waals surface area contributed by atoms with Gasteiger partial charge in [-0.2, -0.15) is 0 Å². The second kappa shape index (κ2) is 33.6. The summed E-state index contributed by atoms with van der Waals surface area (Å²) >= 11 is 0. The van der Waals surface area contributed by atoms with Crippen molar-refractivity contribution in [3.63, 3.8) is 0 Å². The Morgan fingerprint density at radius 3 is 1.50 bits per heavy atom.